The lowest BCUT2D eigenvalue weighted by atomic mass is 9.94. The van der Waals surface area contributed by atoms with Crippen molar-refractivity contribution in [2.24, 2.45) is 11.8 Å². The van der Waals surface area contributed by atoms with Crippen LogP contribution in [0.15, 0.2) is 59.5 Å². The SMILES string of the molecule is CC1CC(C)CN(S(=O)(=O)c2cccc(C(=O)NC3CCN(C(=O)Nc4ccccc4)CC3)c2)C1. The number of hydrogen-bond acceptors (Lipinski definition) is 4. The van der Waals surface area contributed by atoms with Crippen LogP contribution in [0, 0.1) is 11.8 Å². The Bertz CT molecular complexity index is 1140. The molecule has 2 aliphatic heterocycles. The van der Waals surface area contributed by atoms with Crippen LogP contribution in [0.4, 0.5) is 10.5 Å². The molecule has 2 aliphatic rings. The average Bonchev–Trinajstić information content (AvgIpc) is 2.84. The van der Waals surface area contributed by atoms with Gasteiger partial charge in [0.25, 0.3) is 5.91 Å². The number of amides is 3. The van der Waals surface area contributed by atoms with Gasteiger partial charge < -0.3 is 15.5 Å². The lowest BCUT2D eigenvalue weighted by Crippen LogP contribution is -2.47. The molecule has 2 aromatic carbocycles. The molecule has 0 aliphatic carbocycles. The van der Waals surface area contributed by atoms with Crippen LogP contribution in [-0.2, 0) is 10.0 Å². The quantitative estimate of drug-likeness (QED) is 0.655. The van der Waals surface area contributed by atoms with Crippen molar-refractivity contribution in [2.45, 2.75) is 44.0 Å². The van der Waals surface area contributed by atoms with Crippen LogP contribution in [0.2, 0.25) is 0 Å². The van der Waals surface area contributed by atoms with E-state index in [1.54, 1.807) is 27.4 Å². The molecular formula is C26H34N4O4S. The van der Waals surface area contributed by atoms with Crippen molar-refractivity contribution in [3.8, 4) is 0 Å². The molecular weight excluding hydrogens is 464 g/mol. The summed E-state index contributed by atoms with van der Waals surface area (Å²) in [6.45, 7) is 6.20. The van der Waals surface area contributed by atoms with Crippen molar-refractivity contribution in [2.75, 3.05) is 31.5 Å². The molecule has 0 bridgehead atoms. The Balaban J connectivity index is 1.34. The van der Waals surface area contributed by atoms with Crippen molar-refractivity contribution in [1.29, 1.82) is 0 Å². The van der Waals surface area contributed by atoms with Crippen LogP contribution < -0.4 is 10.6 Å². The average molecular weight is 499 g/mol. The van der Waals surface area contributed by atoms with Gasteiger partial charge in [-0.1, -0.05) is 38.1 Å². The van der Waals surface area contributed by atoms with Gasteiger partial charge in [-0.05, 0) is 61.4 Å². The van der Waals surface area contributed by atoms with Crippen molar-refractivity contribution >= 4 is 27.6 Å². The van der Waals surface area contributed by atoms with E-state index < -0.39 is 10.0 Å². The van der Waals surface area contributed by atoms with E-state index in [1.165, 1.54) is 6.07 Å². The Labute approximate surface area is 207 Å². The van der Waals surface area contributed by atoms with E-state index in [0.717, 1.165) is 12.1 Å². The maximum atomic E-state index is 13.2. The molecule has 2 heterocycles. The summed E-state index contributed by atoms with van der Waals surface area (Å²) >= 11 is 0. The lowest BCUT2D eigenvalue weighted by Gasteiger charge is -2.34. The minimum absolute atomic E-state index is 0.0765. The minimum atomic E-state index is -3.66. The first kappa shape index (κ1) is 25.2. The summed E-state index contributed by atoms with van der Waals surface area (Å²) in [5.74, 6) is 0.316. The summed E-state index contributed by atoms with van der Waals surface area (Å²) < 4.78 is 28.0. The topological polar surface area (TPSA) is 98.8 Å². The second kappa shape index (κ2) is 10.8. The van der Waals surface area contributed by atoms with Gasteiger partial charge in [-0.25, -0.2) is 13.2 Å². The summed E-state index contributed by atoms with van der Waals surface area (Å²) in [5, 5.41) is 5.90. The van der Waals surface area contributed by atoms with Gasteiger partial charge >= 0.3 is 6.03 Å². The maximum Gasteiger partial charge on any atom is 0.321 e. The van der Waals surface area contributed by atoms with E-state index in [4.69, 9.17) is 0 Å². The highest BCUT2D eigenvalue weighted by atomic mass is 32.2. The zero-order chi connectivity index (χ0) is 25.0. The third kappa shape index (κ3) is 6.21. The zero-order valence-corrected chi connectivity index (χ0v) is 21.1. The number of anilines is 1. The number of nitrogens with zero attached hydrogens (tertiary/aromatic N) is 2. The molecule has 8 nitrogen and oxygen atoms in total. The number of nitrogens with one attached hydrogen (secondary N) is 2. The molecule has 188 valence electrons. The minimum Gasteiger partial charge on any atom is -0.349 e. The number of hydrogen-bond donors (Lipinski definition) is 2. The van der Waals surface area contributed by atoms with Crippen LogP contribution in [0.25, 0.3) is 0 Å². The van der Waals surface area contributed by atoms with E-state index in [1.807, 2.05) is 30.3 Å². The van der Waals surface area contributed by atoms with E-state index in [-0.39, 0.29) is 22.9 Å². The smallest absolute Gasteiger partial charge is 0.321 e. The summed E-state index contributed by atoms with van der Waals surface area (Å²) in [6, 6.07) is 15.4. The highest BCUT2D eigenvalue weighted by Crippen LogP contribution is 2.27. The molecule has 4 rings (SSSR count). The van der Waals surface area contributed by atoms with Crippen molar-refractivity contribution < 1.29 is 18.0 Å². The first-order chi connectivity index (χ1) is 16.7. The van der Waals surface area contributed by atoms with Crippen LogP contribution in [0.1, 0.15) is 43.5 Å². The molecule has 2 fully saturated rings. The highest BCUT2D eigenvalue weighted by Gasteiger charge is 2.32. The molecule has 2 atom stereocenters. The number of carbonyl (C=O) groups is 2. The molecule has 0 saturated carbocycles. The molecule has 2 unspecified atom stereocenters. The molecule has 0 aromatic heterocycles. The number of carbonyl (C=O) groups excluding carboxylic acids is 2. The summed E-state index contributed by atoms with van der Waals surface area (Å²) in [6.07, 6.45) is 2.28. The molecule has 2 N–H and O–H groups in total. The highest BCUT2D eigenvalue weighted by molar-refractivity contribution is 7.89. The largest absolute Gasteiger partial charge is 0.349 e. The van der Waals surface area contributed by atoms with Gasteiger partial charge in [0.05, 0.1) is 4.90 Å². The van der Waals surface area contributed by atoms with Crippen LogP contribution >= 0.6 is 0 Å². The molecule has 2 saturated heterocycles. The monoisotopic (exact) mass is 498 g/mol. The second-order valence-corrected chi connectivity index (χ2v) is 11.8. The number of para-hydroxylation sites is 1. The number of benzene rings is 2. The van der Waals surface area contributed by atoms with Gasteiger partial charge in [-0.3, -0.25) is 4.79 Å². The molecule has 0 spiro atoms. The van der Waals surface area contributed by atoms with Gasteiger partial charge in [0.1, 0.15) is 0 Å². The number of rotatable bonds is 5. The number of urea groups is 1. The molecule has 3 amide bonds. The van der Waals surface area contributed by atoms with Gasteiger partial charge in [0, 0.05) is 43.5 Å². The standard InChI is InChI=1S/C26H34N4O4S/c1-19-15-20(2)18-30(17-19)35(33,34)24-10-6-7-21(16-24)25(31)27-23-11-13-29(14-12-23)26(32)28-22-8-4-3-5-9-22/h3-10,16,19-20,23H,11-15,17-18H2,1-2H3,(H,27,31)(H,28,32). The Hall–Kier alpha value is -2.91. The number of piperidine rings is 2. The molecule has 35 heavy (non-hydrogen) atoms. The van der Waals surface area contributed by atoms with Crippen LogP contribution in [0.5, 0.6) is 0 Å². The summed E-state index contributed by atoms with van der Waals surface area (Å²) in [7, 11) is -3.66. The Morgan fingerprint density at radius 1 is 0.914 bits per heavy atom. The fraction of sp³-hybridized carbons (Fsp3) is 0.462. The van der Waals surface area contributed by atoms with E-state index in [2.05, 4.69) is 24.5 Å². The van der Waals surface area contributed by atoms with Gasteiger partial charge in [-0.2, -0.15) is 4.31 Å². The van der Waals surface area contributed by atoms with Gasteiger partial charge in [0.2, 0.25) is 10.0 Å². The zero-order valence-electron chi connectivity index (χ0n) is 20.3. The maximum absolute atomic E-state index is 13.2. The van der Waals surface area contributed by atoms with E-state index in [0.29, 0.717) is 56.4 Å². The molecule has 9 heteroatoms. The molecule has 2 aromatic rings. The normalized spacial score (nSPS) is 21.9. The van der Waals surface area contributed by atoms with Crippen LogP contribution in [-0.4, -0.2) is 61.8 Å². The third-order valence-electron chi connectivity index (χ3n) is 6.71. The van der Waals surface area contributed by atoms with Gasteiger partial charge in [-0.15, -0.1) is 0 Å². The van der Waals surface area contributed by atoms with E-state index in [9.17, 15) is 18.0 Å². The summed E-state index contributed by atoms with van der Waals surface area (Å²) in [5.41, 5.74) is 1.07. The first-order valence-electron chi connectivity index (χ1n) is 12.2. The number of sulfonamides is 1. The second-order valence-electron chi connectivity index (χ2n) is 9.83. The van der Waals surface area contributed by atoms with Crippen molar-refractivity contribution in [3.05, 3.63) is 60.2 Å². The van der Waals surface area contributed by atoms with Crippen LogP contribution in [0.3, 0.4) is 0 Å². The fourth-order valence-corrected chi connectivity index (χ4v) is 6.69. The first-order valence-corrected chi connectivity index (χ1v) is 13.7. The van der Waals surface area contributed by atoms with Gasteiger partial charge in [0.15, 0.2) is 0 Å². The van der Waals surface area contributed by atoms with E-state index >= 15 is 0 Å². The molecule has 0 radical (unpaired) electrons. The summed E-state index contributed by atoms with van der Waals surface area (Å²) in [4.78, 5) is 27.3. The number of likely N-dealkylation sites (tertiary alicyclic amines) is 1. The predicted molar refractivity (Wildman–Crippen MR) is 136 cm³/mol. The lowest BCUT2D eigenvalue weighted by molar-refractivity contribution is 0.0919. The Kier molecular flexibility index (Phi) is 7.76. The third-order valence-corrected chi connectivity index (χ3v) is 8.54. The Morgan fingerprint density at radius 3 is 2.23 bits per heavy atom. The Morgan fingerprint density at radius 2 is 1.57 bits per heavy atom. The van der Waals surface area contributed by atoms with Crippen molar-refractivity contribution in [1.82, 2.24) is 14.5 Å². The fourth-order valence-electron chi connectivity index (χ4n) is 4.97. The predicted octanol–water partition coefficient (Wildman–Crippen LogP) is 3.78. The van der Waals surface area contributed by atoms with Crippen molar-refractivity contribution in [3.63, 3.8) is 0 Å².